The van der Waals surface area contributed by atoms with Crippen molar-refractivity contribution in [3.63, 3.8) is 0 Å². The molecule has 1 aromatic carbocycles. The normalized spacial score (nSPS) is 15.1. The van der Waals surface area contributed by atoms with E-state index in [1.54, 1.807) is 0 Å². The van der Waals surface area contributed by atoms with Gasteiger partial charge in [-0.1, -0.05) is 0 Å². The van der Waals surface area contributed by atoms with Gasteiger partial charge in [0.1, 0.15) is 17.6 Å². The molecule has 1 aromatic rings. The van der Waals surface area contributed by atoms with Gasteiger partial charge in [-0.25, -0.2) is 4.79 Å². The Hall–Kier alpha value is -2.44. The number of carbonyl (C=O) groups is 2. The fourth-order valence-corrected chi connectivity index (χ4v) is 2.70. The summed E-state index contributed by atoms with van der Waals surface area (Å²) in [5, 5.41) is 8.28. The van der Waals surface area contributed by atoms with Gasteiger partial charge in [0.05, 0.1) is 6.61 Å². The van der Waals surface area contributed by atoms with Crippen LogP contribution in [-0.4, -0.2) is 37.7 Å². The van der Waals surface area contributed by atoms with E-state index in [-0.39, 0.29) is 18.0 Å². The van der Waals surface area contributed by atoms with Crippen molar-refractivity contribution < 1.29 is 19.1 Å². The smallest absolute Gasteiger partial charge is 0.315 e. The van der Waals surface area contributed by atoms with Crippen molar-refractivity contribution in [2.24, 2.45) is 0 Å². The molecular weight excluding hydrogens is 322 g/mol. The van der Waals surface area contributed by atoms with Crippen LogP contribution in [0.1, 0.15) is 38.3 Å². The van der Waals surface area contributed by atoms with Crippen LogP contribution in [-0.2, 0) is 17.8 Å². The van der Waals surface area contributed by atoms with E-state index >= 15 is 0 Å². The lowest BCUT2D eigenvalue weighted by molar-refractivity contribution is -0.118. The standard InChI is InChI=1S/C18H27N3O4/c1-4-24-16-9-14-8-12(2)25-17(14)10-15(16)11-21-18(23)20-7-5-6-19-13(3)22/h9-10,12H,4-8,11H2,1-3H3,(H,19,22)(H2,20,21,23)/t12-/m0/s1. The topological polar surface area (TPSA) is 88.7 Å². The maximum atomic E-state index is 11.9. The van der Waals surface area contributed by atoms with Crippen molar-refractivity contribution in [2.45, 2.75) is 46.3 Å². The summed E-state index contributed by atoms with van der Waals surface area (Å²) in [6.07, 6.45) is 1.72. The van der Waals surface area contributed by atoms with Crippen molar-refractivity contribution in [3.05, 3.63) is 23.3 Å². The summed E-state index contributed by atoms with van der Waals surface area (Å²) in [5.74, 6) is 1.58. The van der Waals surface area contributed by atoms with Gasteiger partial charge in [-0.15, -0.1) is 0 Å². The van der Waals surface area contributed by atoms with E-state index in [1.165, 1.54) is 6.92 Å². The Morgan fingerprint density at radius 3 is 2.72 bits per heavy atom. The summed E-state index contributed by atoms with van der Waals surface area (Å²) in [6.45, 7) is 7.41. The molecule has 1 aliphatic rings. The third-order valence-electron chi connectivity index (χ3n) is 3.83. The van der Waals surface area contributed by atoms with Crippen LogP contribution >= 0.6 is 0 Å². The molecule has 0 fully saturated rings. The highest BCUT2D eigenvalue weighted by Crippen LogP contribution is 2.35. The summed E-state index contributed by atoms with van der Waals surface area (Å²) in [5.41, 5.74) is 2.03. The average Bonchev–Trinajstić information content (AvgIpc) is 2.91. The second kappa shape index (κ2) is 9.15. The highest BCUT2D eigenvalue weighted by Gasteiger charge is 2.22. The first-order valence-electron chi connectivity index (χ1n) is 8.71. The first-order valence-corrected chi connectivity index (χ1v) is 8.71. The van der Waals surface area contributed by atoms with Gasteiger partial charge in [-0.05, 0) is 32.4 Å². The number of hydrogen-bond acceptors (Lipinski definition) is 4. The van der Waals surface area contributed by atoms with Gasteiger partial charge in [0, 0.05) is 44.1 Å². The molecule has 25 heavy (non-hydrogen) atoms. The van der Waals surface area contributed by atoms with Crippen LogP contribution in [0, 0.1) is 0 Å². The van der Waals surface area contributed by atoms with Crippen molar-refractivity contribution in [2.75, 3.05) is 19.7 Å². The summed E-state index contributed by atoms with van der Waals surface area (Å²) >= 11 is 0. The number of hydrogen-bond donors (Lipinski definition) is 3. The van der Waals surface area contributed by atoms with Gasteiger partial charge >= 0.3 is 6.03 Å². The minimum Gasteiger partial charge on any atom is -0.494 e. The Labute approximate surface area is 148 Å². The summed E-state index contributed by atoms with van der Waals surface area (Å²) < 4.78 is 11.5. The Bertz CT molecular complexity index is 619. The molecule has 1 heterocycles. The number of amides is 3. The number of urea groups is 1. The molecule has 0 unspecified atom stereocenters. The molecule has 0 saturated heterocycles. The van der Waals surface area contributed by atoms with E-state index in [4.69, 9.17) is 9.47 Å². The molecule has 0 bridgehead atoms. The molecule has 3 N–H and O–H groups in total. The largest absolute Gasteiger partial charge is 0.494 e. The maximum absolute atomic E-state index is 11.9. The fraction of sp³-hybridized carbons (Fsp3) is 0.556. The lowest BCUT2D eigenvalue weighted by Crippen LogP contribution is -2.36. The predicted octanol–water partition coefficient (Wildman–Crippen LogP) is 1.73. The van der Waals surface area contributed by atoms with Gasteiger partial charge in [-0.2, -0.15) is 0 Å². The molecule has 1 atom stereocenters. The lowest BCUT2D eigenvalue weighted by Gasteiger charge is -2.14. The molecule has 0 radical (unpaired) electrons. The quantitative estimate of drug-likeness (QED) is 0.624. The summed E-state index contributed by atoms with van der Waals surface area (Å²) in [7, 11) is 0. The second-order valence-corrected chi connectivity index (χ2v) is 6.08. The number of fused-ring (bicyclic) bond motifs is 1. The van der Waals surface area contributed by atoms with Crippen LogP contribution in [0.4, 0.5) is 4.79 Å². The van der Waals surface area contributed by atoms with Crippen LogP contribution in [0.2, 0.25) is 0 Å². The highest BCUT2D eigenvalue weighted by molar-refractivity contribution is 5.74. The van der Waals surface area contributed by atoms with Crippen molar-refractivity contribution in [1.29, 1.82) is 0 Å². The minimum atomic E-state index is -0.250. The van der Waals surface area contributed by atoms with E-state index in [0.717, 1.165) is 29.0 Å². The zero-order valence-corrected chi connectivity index (χ0v) is 15.1. The second-order valence-electron chi connectivity index (χ2n) is 6.08. The highest BCUT2D eigenvalue weighted by atomic mass is 16.5. The average molecular weight is 349 g/mol. The zero-order chi connectivity index (χ0) is 18.2. The van der Waals surface area contributed by atoms with Crippen LogP contribution in [0.25, 0.3) is 0 Å². The summed E-state index contributed by atoms with van der Waals surface area (Å²) in [4.78, 5) is 22.6. The Morgan fingerprint density at radius 2 is 2.00 bits per heavy atom. The molecule has 1 aliphatic heterocycles. The van der Waals surface area contributed by atoms with E-state index in [0.29, 0.717) is 32.7 Å². The SMILES string of the molecule is CCOc1cc2c(cc1CNC(=O)NCCCNC(C)=O)O[C@@H](C)C2. The maximum Gasteiger partial charge on any atom is 0.315 e. The molecule has 0 spiro atoms. The summed E-state index contributed by atoms with van der Waals surface area (Å²) in [6, 6.07) is 3.70. The lowest BCUT2D eigenvalue weighted by atomic mass is 10.1. The molecular formula is C18H27N3O4. The third-order valence-corrected chi connectivity index (χ3v) is 3.83. The Kier molecular flexibility index (Phi) is 6.91. The molecule has 3 amide bonds. The zero-order valence-electron chi connectivity index (χ0n) is 15.1. The number of ether oxygens (including phenoxy) is 2. The minimum absolute atomic E-state index is 0.0685. The third kappa shape index (κ3) is 5.85. The van der Waals surface area contributed by atoms with Gasteiger partial charge in [0.15, 0.2) is 0 Å². The first-order chi connectivity index (χ1) is 12.0. The van der Waals surface area contributed by atoms with Crippen molar-refractivity contribution >= 4 is 11.9 Å². The first kappa shape index (κ1) is 18.9. The van der Waals surface area contributed by atoms with E-state index < -0.39 is 0 Å². The van der Waals surface area contributed by atoms with Gasteiger partial charge in [0.2, 0.25) is 5.91 Å². The van der Waals surface area contributed by atoms with Gasteiger partial charge in [0.25, 0.3) is 0 Å². The van der Waals surface area contributed by atoms with Crippen LogP contribution < -0.4 is 25.4 Å². The molecule has 2 rings (SSSR count). The van der Waals surface area contributed by atoms with Gasteiger partial charge < -0.3 is 25.4 Å². The molecule has 0 aliphatic carbocycles. The van der Waals surface area contributed by atoms with Crippen LogP contribution in [0.15, 0.2) is 12.1 Å². The van der Waals surface area contributed by atoms with Crippen molar-refractivity contribution in [1.82, 2.24) is 16.0 Å². The number of carbonyl (C=O) groups excluding carboxylic acids is 2. The molecule has 0 aromatic heterocycles. The Balaban J connectivity index is 1.84. The van der Waals surface area contributed by atoms with Crippen LogP contribution in [0.3, 0.4) is 0 Å². The molecule has 7 heteroatoms. The number of nitrogens with one attached hydrogen (secondary N) is 3. The monoisotopic (exact) mass is 349 g/mol. The van der Waals surface area contributed by atoms with Gasteiger partial charge in [-0.3, -0.25) is 4.79 Å². The van der Waals surface area contributed by atoms with Crippen LogP contribution in [0.5, 0.6) is 11.5 Å². The van der Waals surface area contributed by atoms with Crippen molar-refractivity contribution in [3.8, 4) is 11.5 Å². The number of benzene rings is 1. The molecule has 7 nitrogen and oxygen atoms in total. The molecule has 0 saturated carbocycles. The molecule has 138 valence electrons. The predicted molar refractivity (Wildman–Crippen MR) is 94.9 cm³/mol. The Morgan fingerprint density at radius 1 is 1.24 bits per heavy atom. The number of rotatable bonds is 8. The fourth-order valence-electron chi connectivity index (χ4n) is 2.70. The van der Waals surface area contributed by atoms with E-state index in [9.17, 15) is 9.59 Å². The van der Waals surface area contributed by atoms with E-state index in [1.807, 2.05) is 26.0 Å². The van der Waals surface area contributed by atoms with E-state index in [2.05, 4.69) is 16.0 Å².